The van der Waals surface area contributed by atoms with Gasteiger partial charge in [-0.25, -0.2) is 18.6 Å². The van der Waals surface area contributed by atoms with Gasteiger partial charge in [-0.05, 0) is 28.2 Å². The first kappa shape index (κ1) is 13.2. The molecule has 0 bridgehead atoms. The van der Waals surface area contributed by atoms with Gasteiger partial charge in [0.05, 0.1) is 12.7 Å². The molecule has 0 saturated carbocycles. The number of esters is 1. The molecular weight excluding hydrogens is 333 g/mol. The van der Waals surface area contributed by atoms with Crippen LogP contribution in [0.2, 0.25) is 0 Å². The Bertz CT molecular complexity index is 413. The fraction of sp³-hybridized carbons (Fsp3) is 0.333. The molecule has 1 aromatic rings. The highest BCUT2D eigenvalue weighted by Crippen LogP contribution is 2.27. The summed E-state index contributed by atoms with van der Waals surface area (Å²) in [6, 6.07) is 0. The first-order valence-corrected chi connectivity index (χ1v) is 5.34. The number of hydrogen-bond acceptors (Lipinski definition) is 4. The Balaban J connectivity index is 3.44. The molecule has 2 N–H and O–H groups in total. The van der Waals surface area contributed by atoms with Crippen LogP contribution in [0, 0.1) is 3.70 Å². The van der Waals surface area contributed by atoms with E-state index in [4.69, 9.17) is 5.73 Å². The lowest BCUT2D eigenvalue weighted by Gasteiger charge is -2.12. The van der Waals surface area contributed by atoms with Crippen molar-refractivity contribution in [1.82, 2.24) is 4.98 Å². The number of carbonyl (C=O) groups is 1. The van der Waals surface area contributed by atoms with Crippen molar-refractivity contribution in [3.8, 4) is 0 Å². The highest BCUT2D eigenvalue weighted by atomic mass is 127. The van der Waals surface area contributed by atoms with E-state index in [9.17, 15) is 13.6 Å². The smallest absolute Gasteiger partial charge is 0.340 e. The number of alkyl halides is 2. The van der Waals surface area contributed by atoms with Gasteiger partial charge in [0, 0.05) is 18.3 Å². The van der Waals surface area contributed by atoms with E-state index in [1.807, 2.05) is 0 Å². The summed E-state index contributed by atoms with van der Waals surface area (Å²) in [4.78, 5) is 15.1. The van der Waals surface area contributed by atoms with Crippen LogP contribution in [0.25, 0.3) is 0 Å². The molecule has 0 spiro atoms. The molecule has 88 valence electrons. The third-order valence-corrected chi connectivity index (χ3v) is 2.82. The molecule has 0 aliphatic carbocycles. The van der Waals surface area contributed by atoms with Crippen LogP contribution in [0.15, 0.2) is 6.20 Å². The van der Waals surface area contributed by atoms with Crippen LogP contribution >= 0.6 is 22.6 Å². The third kappa shape index (κ3) is 2.46. The van der Waals surface area contributed by atoms with E-state index < -0.39 is 12.4 Å². The number of rotatable bonds is 3. The highest BCUT2D eigenvalue weighted by Gasteiger charge is 2.23. The monoisotopic (exact) mass is 342 g/mol. The lowest BCUT2D eigenvalue weighted by atomic mass is 10.1. The topological polar surface area (TPSA) is 65.2 Å². The Morgan fingerprint density at radius 2 is 2.31 bits per heavy atom. The van der Waals surface area contributed by atoms with Crippen LogP contribution in [0.3, 0.4) is 0 Å². The molecule has 0 unspecified atom stereocenters. The van der Waals surface area contributed by atoms with Gasteiger partial charge in [0.15, 0.2) is 0 Å². The molecule has 0 atom stereocenters. The van der Waals surface area contributed by atoms with Gasteiger partial charge in [0.25, 0.3) is 6.43 Å². The summed E-state index contributed by atoms with van der Waals surface area (Å²) >= 11 is 1.78. The van der Waals surface area contributed by atoms with Gasteiger partial charge >= 0.3 is 5.97 Å². The van der Waals surface area contributed by atoms with Crippen molar-refractivity contribution in [2.45, 2.75) is 13.0 Å². The first-order chi connectivity index (χ1) is 7.52. The number of nitrogens with zero attached hydrogens (tertiary/aromatic N) is 1. The largest absolute Gasteiger partial charge is 0.465 e. The number of pyridine rings is 1. The first-order valence-electron chi connectivity index (χ1n) is 4.26. The highest BCUT2D eigenvalue weighted by molar-refractivity contribution is 14.1. The second kappa shape index (κ2) is 5.48. The molecule has 4 nitrogen and oxygen atoms in total. The van der Waals surface area contributed by atoms with Gasteiger partial charge < -0.3 is 10.5 Å². The normalized spacial score (nSPS) is 10.6. The molecular formula is C9H9F2IN2O2. The zero-order chi connectivity index (χ0) is 12.3. The van der Waals surface area contributed by atoms with Crippen LogP contribution < -0.4 is 5.73 Å². The van der Waals surface area contributed by atoms with Crippen molar-refractivity contribution < 1.29 is 18.3 Å². The molecule has 0 fully saturated rings. The fourth-order valence-corrected chi connectivity index (χ4v) is 1.94. The number of aromatic nitrogens is 1. The number of carbonyl (C=O) groups excluding carboxylic acids is 1. The van der Waals surface area contributed by atoms with Crippen LogP contribution in [-0.2, 0) is 11.3 Å². The Kier molecular flexibility index (Phi) is 4.54. The van der Waals surface area contributed by atoms with Crippen molar-refractivity contribution in [3.05, 3.63) is 26.6 Å². The molecule has 0 saturated heterocycles. The second-order valence-corrected chi connectivity index (χ2v) is 3.88. The maximum absolute atomic E-state index is 12.6. The van der Waals surface area contributed by atoms with E-state index in [-0.39, 0.29) is 23.2 Å². The lowest BCUT2D eigenvalue weighted by Crippen LogP contribution is -2.15. The molecule has 0 amide bonds. The van der Waals surface area contributed by atoms with Crippen LogP contribution in [0.1, 0.15) is 27.9 Å². The van der Waals surface area contributed by atoms with E-state index in [0.717, 1.165) is 6.20 Å². The Labute approximate surface area is 104 Å². The predicted octanol–water partition coefficient (Wildman–Crippen LogP) is 1.87. The van der Waals surface area contributed by atoms with Crippen LogP contribution in [0.5, 0.6) is 0 Å². The molecule has 7 heteroatoms. The van der Waals surface area contributed by atoms with Crippen molar-refractivity contribution >= 4 is 28.6 Å². The van der Waals surface area contributed by atoms with Gasteiger partial charge in [-0.2, -0.15) is 0 Å². The minimum absolute atomic E-state index is 0.0170. The third-order valence-electron chi connectivity index (χ3n) is 2.00. The Morgan fingerprint density at radius 3 is 2.75 bits per heavy atom. The van der Waals surface area contributed by atoms with Crippen LogP contribution in [0.4, 0.5) is 8.78 Å². The van der Waals surface area contributed by atoms with E-state index in [1.165, 1.54) is 7.11 Å². The molecule has 0 aliphatic heterocycles. The standard InChI is InChI=1S/C9H9F2IN2O2/c1-16-9(15)6-4(2-13)5(7(10)11)3-14-8(6)12/h3,7H,2,13H2,1H3. The van der Waals surface area contributed by atoms with Gasteiger partial charge in [-0.1, -0.05) is 0 Å². The van der Waals surface area contributed by atoms with E-state index >= 15 is 0 Å². The molecule has 0 aromatic carbocycles. The number of hydrogen-bond donors (Lipinski definition) is 1. The predicted molar refractivity (Wildman–Crippen MR) is 61.1 cm³/mol. The molecule has 1 aromatic heterocycles. The average molecular weight is 342 g/mol. The number of methoxy groups -OCH3 is 1. The zero-order valence-electron chi connectivity index (χ0n) is 8.34. The van der Waals surface area contributed by atoms with Crippen molar-refractivity contribution in [2.24, 2.45) is 5.73 Å². The van der Waals surface area contributed by atoms with Gasteiger partial charge in [0.2, 0.25) is 0 Å². The number of ether oxygens (including phenoxy) is 1. The van der Waals surface area contributed by atoms with Gasteiger partial charge in [0.1, 0.15) is 3.70 Å². The molecule has 1 rings (SSSR count). The molecule has 0 radical (unpaired) electrons. The minimum atomic E-state index is -2.72. The number of halogens is 3. The summed E-state index contributed by atoms with van der Waals surface area (Å²) in [6.07, 6.45) is -1.69. The van der Waals surface area contributed by atoms with E-state index in [0.29, 0.717) is 3.70 Å². The zero-order valence-corrected chi connectivity index (χ0v) is 10.5. The van der Waals surface area contributed by atoms with E-state index in [1.54, 1.807) is 22.6 Å². The molecule has 0 aliphatic rings. The fourth-order valence-electron chi connectivity index (χ4n) is 1.25. The summed E-state index contributed by atoms with van der Waals surface area (Å²) in [5.41, 5.74) is 5.15. The summed E-state index contributed by atoms with van der Waals surface area (Å²) in [5.74, 6) is -0.708. The average Bonchev–Trinajstić information content (AvgIpc) is 2.26. The van der Waals surface area contributed by atoms with E-state index in [2.05, 4.69) is 9.72 Å². The minimum Gasteiger partial charge on any atom is -0.465 e. The maximum atomic E-state index is 12.6. The van der Waals surface area contributed by atoms with Crippen LogP contribution in [-0.4, -0.2) is 18.1 Å². The summed E-state index contributed by atoms with van der Waals surface area (Å²) in [5, 5.41) is 0. The van der Waals surface area contributed by atoms with Crippen molar-refractivity contribution in [1.29, 1.82) is 0 Å². The Hall–Kier alpha value is -0.830. The molecule has 16 heavy (non-hydrogen) atoms. The van der Waals surface area contributed by atoms with Gasteiger partial charge in [-0.15, -0.1) is 0 Å². The second-order valence-electron chi connectivity index (χ2n) is 2.85. The maximum Gasteiger partial charge on any atom is 0.340 e. The lowest BCUT2D eigenvalue weighted by molar-refractivity contribution is 0.0597. The SMILES string of the molecule is COC(=O)c1c(I)ncc(C(F)F)c1CN. The van der Waals surface area contributed by atoms with Crippen molar-refractivity contribution in [2.75, 3.05) is 7.11 Å². The Morgan fingerprint density at radius 1 is 1.69 bits per heavy atom. The van der Waals surface area contributed by atoms with Crippen molar-refractivity contribution in [3.63, 3.8) is 0 Å². The van der Waals surface area contributed by atoms with Gasteiger partial charge in [-0.3, -0.25) is 0 Å². The summed E-state index contributed by atoms with van der Waals surface area (Å²) in [7, 11) is 1.17. The number of nitrogens with two attached hydrogens (primary N) is 1. The summed E-state index contributed by atoms with van der Waals surface area (Å²) < 4.78 is 30.1. The summed E-state index contributed by atoms with van der Waals surface area (Å²) in [6.45, 7) is -0.164. The quantitative estimate of drug-likeness (QED) is 0.518. The molecule has 1 heterocycles.